The van der Waals surface area contributed by atoms with Gasteiger partial charge in [0.1, 0.15) is 29.6 Å². The number of nitrogens with two attached hydrogens (primary N) is 1. The molecule has 2 aromatic carbocycles. The van der Waals surface area contributed by atoms with Gasteiger partial charge in [0.2, 0.25) is 17.7 Å². The molecule has 11 nitrogen and oxygen atoms in total. The van der Waals surface area contributed by atoms with Crippen LogP contribution in [0.3, 0.4) is 0 Å². The fourth-order valence-corrected chi connectivity index (χ4v) is 3.70. The molecule has 0 aromatic heterocycles. The highest BCUT2D eigenvalue weighted by Crippen LogP contribution is 2.14. The molecule has 206 valence electrons. The summed E-state index contributed by atoms with van der Waals surface area (Å²) in [6, 6.07) is 7.64. The first-order valence-electron chi connectivity index (χ1n) is 12.3. The number of benzene rings is 2. The molecule has 0 heterocycles. The number of carboxylic acids is 1. The number of carboxylic acid groups (broad SMARTS) is 1. The summed E-state index contributed by atoms with van der Waals surface area (Å²) in [5.74, 6) is -3.07. The maximum atomic E-state index is 13.3. The Morgan fingerprint density at radius 3 is 1.50 bits per heavy atom. The van der Waals surface area contributed by atoms with Gasteiger partial charge in [-0.25, -0.2) is 4.79 Å². The number of rotatable bonds is 13. The van der Waals surface area contributed by atoms with E-state index in [9.17, 15) is 34.5 Å². The van der Waals surface area contributed by atoms with Crippen molar-refractivity contribution in [1.29, 1.82) is 0 Å². The summed E-state index contributed by atoms with van der Waals surface area (Å²) in [7, 11) is 0. The lowest BCUT2D eigenvalue weighted by Gasteiger charge is -2.26. The summed E-state index contributed by atoms with van der Waals surface area (Å²) in [4.78, 5) is 50.6. The Bertz CT molecular complexity index is 1100. The number of hydrogen-bond donors (Lipinski definition) is 7. The van der Waals surface area contributed by atoms with E-state index in [1.807, 2.05) is 13.8 Å². The van der Waals surface area contributed by atoms with Crippen LogP contribution in [0.5, 0.6) is 11.5 Å². The third kappa shape index (κ3) is 9.74. The van der Waals surface area contributed by atoms with Crippen molar-refractivity contribution in [2.24, 2.45) is 11.7 Å². The van der Waals surface area contributed by atoms with Crippen LogP contribution < -0.4 is 21.7 Å². The Balaban J connectivity index is 2.27. The zero-order chi connectivity index (χ0) is 28.4. The molecule has 0 aliphatic carbocycles. The van der Waals surface area contributed by atoms with E-state index < -0.39 is 47.9 Å². The second-order valence-electron chi connectivity index (χ2n) is 9.68. The molecular weight excluding hydrogens is 492 g/mol. The normalized spacial score (nSPS) is 14.1. The highest BCUT2D eigenvalue weighted by atomic mass is 16.4. The van der Waals surface area contributed by atoms with Gasteiger partial charge in [0.15, 0.2) is 0 Å². The molecular formula is C27H36N4O7. The van der Waals surface area contributed by atoms with Crippen LogP contribution in [0.4, 0.5) is 0 Å². The SMILES string of the molecule is CC(C)CC(NC(=O)C(C)N)C(=O)NC(Cc1ccc(O)cc1)C(=O)NC(Cc1ccc(O)cc1)C(=O)O. The molecule has 2 rings (SSSR count). The zero-order valence-electron chi connectivity index (χ0n) is 21.7. The number of amides is 3. The molecule has 0 aliphatic heterocycles. The quantitative estimate of drug-likeness (QED) is 0.199. The fraction of sp³-hybridized carbons (Fsp3) is 0.407. The summed E-state index contributed by atoms with van der Waals surface area (Å²) in [6.07, 6.45) is 0.233. The predicted molar refractivity (Wildman–Crippen MR) is 140 cm³/mol. The van der Waals surface area contributed by atoms with Gasteiger partial charge in [-0.05, 0) is 54.7 Å². The van der Waals surface area contributed by atoms with Crippen LogP contribution in [-0.4, -0.2) is 63.2 Å². The van der Waals surface area contributed by atoms with Gasteiger partial charge >= 0.3 is 5.97 Å². The van der Waals surface area contributed by atoms with Crippen LogP contribution >= 0.6 is 0 Å². The van der Waals surface area contributed by atoms with Crippen molar-refractivity contribution in [3.05, 3.63) is 59.7 Å². The largest absolute Gasteiger partial charge is 0.508 e. The molecule has 0 bridgehead atoms. The van der Waals surface area contributed by atoms with Gasteiger partial charge in [-0.15, -0.1) is 0 Å². The molecule has 0 fully saturated rings. The van der Waals surface area contributed by atoms with Gasteiger partial charge in [-0.3, -0.25) is 14.4 Å². The maximum absolute atomic E-state index is 13.3. The standard InChI is InChI=1S/C27H36N4O7/c1-15(2)12-21(29-24(34)16(3)28)25(35)30-22(13-17-4-8-19(32)9-5-17)26(36)31-23(27(37)38)14-18-6-10-20(33)11-7-18/h4-11,15-16,21-23,32-33H,12-14,28H2,1-3H3,(H,29,34)(H,30,35)(H,31,36)(H,37,38). The molecule has 0 spiro atoms. The van der Waals surface area contributed by atoms with Crippen LogP contribution in [-0.2, 0) is 32.0 Å². The van der Waals surface area contributed by atoms with Crippen LogP contribution in [0.2, 0.25) is 0 Å². The van der Waals surface area contributed by atoms with Gasteiger partial charge in [0.25, 0.3) is 0 Å². The molecule has 3 amide bonds. The molecule has 11 heteroatoms. The number of hydrogen-bond acceptors (Lipinski definition) is 7. The first-order valence-corrected chi connectivity index (χ1v) is 12.3. The summed E-state index contributed by atoms with van der Waals surface area (Å²) in [5, 5.41) is 36.5. The molecule has 4 atom stereocenters. The van der Waals surface area contributed by atoms with E-state index in [-0.39, 0.29) is 36.7 Å². The van der Waals surface area contributed by atoms with Crippen molar-refractivity contribution in [2.75, 3.05) is 0 Å². The van der Waals surface area contributed by atoms with E-state index >= 15 is 0 Å². The van der Waals surface area contributed by atoms with Crippen LogP contribution in [0.15, 0.2) is 48.5 Å². The van der Waals surface area contributed by atoms with E-state index in [1.165, 1.54) is 31.2 Å². The van der Waals surface area contributed by atoms with Gasteiger partial charge < -0.3 is 37.0 Å². The second kappa shape index (κ2) is 14.0. The number of nitrogens with one attached hydrogen (secondary N) is 3. The third-order valence-corrected chi connectivity index (χ3v) is 5.75. The smallest absolute Gasteiger partial charge is 0.326 e. The number of aromatic hydroxyl groups is 2. The highest BCUT2D eigenvalue weighted by molar-refractivity contribution is 5.94. The topological polar surface area (TPSA) is 191 Å². The van der Waals surface area contributed by atoms with Crippen LogP contribution in [0, 0.1) is 5.92 Å². The zero-order valence-corrected chi connectivity index (χ0v) is 21.7. The Labute approximate surface area is 221 Å². The molecule has 0 saturated heterocycles. The molecule has 4 unspecified atom stereocenters. The average molecular weight is 529 g/mol. The van der Waals surface area contributed by atoms with Crippen molar-refractivity contribution in [1.82, 2.24) is 16.0 Å². The predicted octanol–water partition coefficient (Wildman–Crippen LogP) is 0.815. The molecule has 8 N–H and O–H groups in total. The second-order valence-corrected chi connectivity index (χ2v) is 9.68. The molecule has 2 aromatic rings. The Morgan fingerprint density at radius 1 is 0.684 bits per heavy atom. The van der Waals surface area contributed by atoms with Gasteiger partial charge in [0.05, 0.1) is 6.04 Å². The van der Waals surface area contributed by atoms with Crippen molar-refractivity contribution in [3.63, 3.8) is 0 Å². The minimum absolute atomic E-state index is 0.000954. The third-order valence-electron chi connectivity index (χ3n) is 5.75. The van der Waals surface area contributed by atoms with Gasteiger partial charge in [0, 0.05) is 12.8 Å². The number of carbonyl (C=O) groups excluding carboxylic acids is 3. The summed E-state index contributed by atoms with van der Waals surface area (Å²) < 4.78 is 0. The van der Waals surface area contributed by atoms with E-state index in [0.717, 1.165) is 0 Å². The summed E-state index contributed by atoms with van der Waals surface area (Å²) in [6.45, 7) is 5.24. The van der Waals surface area contributed by atoms with Gasteiger partial charge in [-0.1, -0.05) is 38.1 Å². The molecule has 0 radical (unpaired) electrons. The molecule has 0 saturated carbocycles. The number of carbonyl (C=O) groups is 4. The number of phenolic OH excluding ortho intramolecular Hbond substituents is 2. The summed E-state index contributed by atoms with van der Waals surface area (Å²) >= 11 is 0. The lowest BCUT2D eigenvalue weighted by molar-refractivity contribution is -0.142. The van der Waals surface area contributed by atoms with E-state index in [0.29, 0.717) is 11.1 Å². The first-order chi connectivity index (χ1) is 17.8. The lowest BCUT2D eigenvalue weighted by atomic mass is 10.00. The molecule has 38 heavy (non-hydrogen) atoms. The minimum atomic E-state index is -1.31. The van der Waals surface area contributed by atoms with Crippen molar-refractivity contribution < 1.29 is 34.5 Å². The Hall–Kier alpha value is -4.12. The summed E-state index contributed by atoms with van der Waals surface area (Å²) in [5.41, 5.74) is 6.82. The van der Waals surface area contributed by atoms with Crippen molar-refractivity contribution in [3.8, 4) is 11.5 Å². The highest BCUT2D eigenvalue weighted by Gasteiger charge is 2.30. The minimum Gasteiger partial charge on any atom is -0.508 e. The van der Waals surface area contributed by atoms with Crippen LogP contribution in [0.1, 0.15) is 38.3 Å². The van der Waals surface area contributed by atoms with Gasteiger partial charge in [-0.2, -0.15) is 0 Å². The van der Waals surface area contributed by atoms with Crippen molar-refractivity contribution >= 4 is 23.7 Å². The number of phenols is 2. The Morgan fingerprint density at radius 2 is 1.08 bits per heavy atom. The van der Waals surface area contributed by atoms with Crippen LogP contribution in [0.25, 0.3) is 0 Å². The maximum Gasteiger partial charge on any atom is 0.326 e. The Kier molecular flexibility index (Phi) is 11.1. The van der Waals surface area contributed by atoms with E-state index in [2.05, 4.69) is 16.0 Å². The monoisotopic (exact) mass is 528 g/mol. The molecule has 0 aliphatic rings. The first kappa shape index (κ1) is 30.1. The van der Waals surface area contributed by atoms with Crippen molar-refractivity contribution in [2.45, 2.75) is 64.2 Å². The van der Waals surface area contributed by atoms with E-state index in [1.54, 1.807) is 24.3 Å². The lowest BCUT2D eigenvalue weighted by Crippen LogP contribution is -2.57. The average Bonchev–Trinajstić information content (AvgIpc) is 2.84. The fourth-order valence-electron chi connectivity index (χ4n) is 3.70. The number of aliphatic carboxylic acids is 1. The van der Waals surface area contributed by atoms with E-state index in [4.69, 9.17) is 5.73 Å².